The maximum Gasteiger partial charge on any atom is 0.255 e. The highest BCUT2D eigenvalue weighted by Crippen LogP contribution is 2.18. The third-order valence-electron chi connectivity index (χ3n) is 3.94. The van der Waals surface area contributed by atoms with Crippen LogP contribution in [0.25, 0.3) is 0 Å². The molecule has 3 rings (SSSR count). The molecule has 2 aromatic carbocycles. The number of nitrogens with zero attached hydrogens (tertiary/aromatic N) is 2. The van der Waals surface area contributed by atoms with Gasteiger partial charge in [-0.1, -0.05) is 30.3 Å². The van der Waals surface area contributed by atoms with Crippen LogP contribution in [-0.4, -0.2) is 36.5 Å². The number of hydrazone groups is 1. The van der Waals surface area contributed by atoms with Crippen molar-refractivity contribution in [2.45, 2.75) is 11.4 Å². The molecule has 1 aromatic heterocycles. The lowest BCUT2D eigenvalue weighted by Crippen LogP contribution is -2.38. The highest BCUT2D eigenvalue weighted by atomic mass is 32.2. The van der Waals surface area contributed by atoms with Gasteiger partial charge in [0.2, 0.25) is 10.0 Å². The molecule has 0 aliphatic heterocycles. The summed E-state index contributed by atoms with van der Waals surface area (Å²) in [5.41, 5.74) is 2.69. The first kappa shape index (κ1) is 20.3. The van der Waals surface area contributed by atoms with Gasteiger partial charge in [-0.2, -0.15) is 9.41 Å². The fraction of sp³-hybridized carbons (Fsp3) is 0.100. The first-order valence-electron chi connectivity index (χ1n) is 8.64. The number of nitrogens with one attached hydrogen (secondary N) is 1. The Labute approximate surface area is 168 Å². The maximum atomic E-state index is 13.0. The number of sulfonamides is 1. The van der Waals surface area contributed by atoms with Crippen LogP contribution in [0.15, 0.2) is 87.4 Å². The first-order chi connectivity index (χ1) is 14.0. The van der Waals surface area contributed by atoms with E-state index in [0.717, 1.165) is 4.31 Å². The van der Waals surface area contributed by atoms with Crippen LogP contribution in [0.5, 0.6) is 5.75 Å². The largest absolute Gasteiger partial charge is 0.507 e. The number of furan rings is 1. The molecule has 3 aromatic rings. The standard InChI is InChI=1S/C20H19N3O5S/c24-19-11-5-4-7-16(19)13-21-22-20(25)15-23(14-17-8-6-12-28-17)29(26,27)18-9-2-1-3-10-18/h1-13,24H,14-15H2,(H,22,25)/b21-13-. The molecule has 29 heavy (non-hydrogen) atoms. The summed E-state index contributed by atoms with van der Waals surface area (Å²) in [6.07, 6.45) is 2.70. The van der Waals surface area contributed by atoms with Crippen molar-refractivity contribution < 1.29 is 22.7 Å². The molecule has 0 atom stereocenters. The van der Waals surface area contributed by atoms with Gasteiger partial charge in [0, 0.05) is 5.56 Å². The second-order valence-corrected chi connectivity index (χ2v) is 7.96. The van der Waals surface area contributed by atoms with Crippen LogP contribution in [0, 0.1) is 0 Å². The summed E-state index contributed by atoms with van der Waals surface area (Å²) in [5, 5.41) is 13.5. The van der Waals surface area contributed by atoms with Crippen molar-refractivity contribution in [1.29, 1.82) is 0 Å². The van der Waals surface area contributed by atoms with E-state index in [1.54, 1.807) is 48.5 Å². The summed E-state index contributed by atoms with van der Waals surface area (Å²) in [4.78, 5) is 12.4. The zero-order valence-electron chi connectivity index (χ0n) is 15.3. The highest BCUT2D eigenvalue weighted by molar-refractivity contribution is 7.89. The van der Waals surface area contributed by atoms with Crippen molar-refractivity contribution in [2.75, 3.05) is 6.54 Å². The molecule has 0 fully saturated rings. The van der Waals surface area contributed by atoms with E-state index < -0.39 is 22.5 Å². The van der Waals surface area contributed by atoms with Crippen molar-refractivity contribution >= 4 is 22.1 Å². The van der Waals surface area contributed by atoms with Crippen LogP contribution in [0.1, 0.15) is 11.3 Å². The molecule has 2 N–H and O–H groups in total. The van der Waals surface area contributed by atoms with E-state index in [1.165, 1.54) is 30.7 Å². The number of aromatic hydroxyl groups is 1. The second kappa shape index (κ2) is 9.18. The topological polar surface area (TPSA) is 112 Å². The van der Waals surface area contributed by atoms with Crippen LogP contribution in [0.2, 0.25) is 0 Å². The number of phenolic OH excluding ortho intramolecular Hbond substituents is 1. The smallest absolute Gasteiger partial charge is 0.255 e. The molecule has 0 bridgehead atoms. The van der Waals surface area contributed by atoms with Gasteiger partial charge >= 0.3 is 0 Å². The molecule has 0 saturated carbocycles. The number of carbonyl (C=O) groups excluding carboxylic acids is 1. The van der Waals surface area contributed by atoms with Crippen molar-refractivity contribution in [3.05, 3.63) is 84.3 Å². The Bertz CT molecular complexity index is 1080. The zero-order valence-corrected chi connectivity index (χ0v) is 16.1. The third kappa shape index (κ3) is 5.31. The number of phenols is 1. The number of rotatable bonds is 8. The van der Waals surface area contributed by atoms with E-state index in [1.807, 2.05) is 0 Å². The normalized spacial score (nSPS) is 11.8. The Balaban J connectivity index is 1.74. The fourth-order valence-corrected chi connectivity index (χ4v) is 3.89. The summed E-state index contributed by atoms with van der Waals surface area (Å²) < 4.78 is 32.2. The van der Waals surface area contributed by atoms with Crippen molar-refractivity contribution in [2.24, 2.45) is 5.10 Å². The van der Waals surface area contributed by atoms with Gasteiger partial charge in [0.05, 0.1) is 30.5 Å². The SMILES string of the molecule is O=C(CN(Cc1ccco1)S(=O)(=O)c1ccccc1)N/N=C\c1ccccc1O. The average molecular weight is 413 g/mol. The minimum atomic E-state index is -3.94. The summed E-state index contributed by atoms with van der Waals surface area (Å²) in [6, 6.07) is 17.6. The lowest BCUT2D eigenvalue weighted by atomic mass is 10.2. The third-order valence-corrected chi connectivity index (χ3v) is 5.75. The lowest BCUT2D eigenvalue weighted by molar-refractivity contribution is -0.121. The molecule has 0 spiro atoms. The fourth-order valence-electron chi connectivity index (χ4n) is 2.51. The molecule has 0 aliphatic rings. The maximum absolute atomic E-state index is 13.0. The zero-order chi connectivity index (χ0) is 20.7. The quantitative estimate of drug-likeness (QED) is 0.435. The van der Waals surface area contributed by atoms with Gasteiger partial charge in [-0.15, -0.1) is 0 Å². The number of benzene rings is 2. The number of hydrogen-bond acceptors (Lipinski definition) is 6. The van der Waals surface area contributed by atoms with E-state index in [2.05, 4.69) is 10.5 Å². The van der Waals surface area contributed by atoms with Gasteiger partial charge in [0.15, 0.2) is 0 Å². The van der Waals surface area contributed by atoms with E-state index in [9.17, 15) is 18.3 Å². The van der Waals surface area contributed by atoms with E-state index >= 15 is 0 Å². The van der Waals surface area contributed by atoms with Gasteiger partial charge in [-0.3, -0.25) is 4.79 Å². The monoisotopic (exact) mass is 413 g/mol. The minimum Gasteiger partial charge on any atom is -0.507 e. The van der Waals surface area contributed by atoms with Crippen LogP contribution >= 0.6 is 0 Å². The number of para-hydroxylation sites is 1. The average Bonchev–Trinajstić information content (AvgIpc) is 3.23. The Morgan fingerprint density at radius 2 is 1.79 bits per heavy atom. The molecule has 0 radical (unpaired) electrons. The number of amides is 1. The Hall–Kier alpha value is -3.43. The molecule has 8 nitrogen and oxygen atoms in total. The molecular formula is C20H19N3O5S. The highest BCUT2D eigenvalue weighted by Gasteiger charge is 2.27. The van der Waals surface area contributed by atoms with Crippen molar-refractivity contribution in [3.63, 3.8) is 0 Å². The number of carbonyl (C=O) groups is 1. The van der Waals surface area contributed by atoms with Crippen LogP contribution in [0.4, 0.5) is 0 Å². The van der Waals surface area contributed by atoms with Crippen molar-refractivity contribution in [3.8, 4) is 5.75 Å². The van der Waals surface area contributed by atoms with Crippen LogP contribution < -0.4 is 5.43 Å². The second-order valence-electron chi connectivity index (χ2n) is 6.02. The Morgan fingerprint density at radius 3 is 2.48 bits per heavy atom. The molecular weight excluding hydrogens is 394 g/mol. The van der Waals surface area contributed by atoms with E-state index in [0.29, 0.717) is 11.3 Å². The first-order valence-corrected chi connectivity index (χ1v) is 10.1. The summed E-state index contributed by atoms with van der Waals surface area (Å²) in [5.74, 6) is -0.227. The van der Waals surface area contributed by atoms with Gasteiger partial charge in [-0.25, -0.2) is 13.8 Å². The van der Waals surface area contributed by atoms with Gasteiger partial charge in [0.25, 0.3) is 5.91 Å². The summed E-state index contributed by atoms with van der Waals surface area (Å²) >= 11 is 0. The Morgan fingerprint density at radius 1 is 1.07 bits per heavy atom. The minimum absolute atomic E-state index is 0.0107. The lowest BCUT2D eigenvalue weighted by Gasteiger charge is -2.20. The van der Waals surface area contributed by atoms with E-state index in [4.69, 9.17) is 4.42 Å². The van der Waals surface area contributed by atoms with Crippen molar-refractivity contribution in [1.82, 2.24) is 9.73 Å². The van der Waals surface area contributed by atoms with E-state index in [-0.39, 0.29) is 17.2 Å². The van der Waals surface area contributed by atoms with Gasteiger partial charge < -0.3 is 9.52 Å². The predicted octanol–water partition coefficient (Wildman–Crippen LogP) is 2.33. The van der Waals surface area contributed by atoms with Crippen LogP contribution in [0.3, 0.4) is 0 Å². The van der Waals surface area contributed by atoms with Gasteiger partial charge in [0.1, 0.15) is 11.5 Å². The van der Waals surface area contributed by atoms with Gasteiger partial charge in [-0.05, 0) is 36.4 Å². The molecule has 150 valence electrons. The molecule has 0 saturated heterocycles. The Kier molecular flexibility index (Phi) is 6.43. The predicted molar refractivity (Wildman–Crippen MR) is 107 cm³/mol. The molecule has 1 heterocycles. The summed E-state index contributed by atoms with van der Waals surface area (Å²) in [7, 11) is -3.94. The summed E-state index contributed by atoms with van der Waals surface area (Å²) in [6.45, 7) is -0.573. The number of hydrogen-bond donors (Lipinski definition) is 2. The van der Waals surface area contributed by atoms with Crippen LogP contribution in [-0.2, 0) is 21.4 Å². The molecule has 0 unspecified atom stereocenters. The molecule has 9 heteroatoms. The molecule has 0 aliphatic carbocycles. The molecule has 1 amide bonds.